The fraction of sp³-hybridized carbons (Fsp3) is 0.364. The summed E-state index contributed by atoms with van der Waals surface area (Å²) in [5.41, 5.74) is 5.22. The van der Waals surface area contributed by atoms with Crippen molar-refractivity contribution in [3.8, 4) is 22.4 Å². The van der Waals surface area contributed by atoms with E-state index in [2.05, 4.69) is 34.2 Å². The highest BCUT2D eigenvalue weighted by Gasteiger charge is 2.28. The first-order valence-corrected chi connectivity index (χ1v) is 9.54. The number of rotatable bonds is 4. The van der Waals surface area contributed by atoms with E-state index < -0.39 is 0 Å². The minimum Gasteiger partial charge on any atom is -0.306 e. The van der Waals surface area contributed by atoms with E-state index in [0.29, 0.717) is 12.0 Å². The van der Waals surface area contributed by atoms with Crippen LogP contribution in [0, 0.1) is 5.82 Å². The Kier molecular flexibility index (Phi) is 5.03. The van der Waals surface area contributed by atoms with Gasteiger partial charge in [-0.3, -0.25) is 10.1 Å². The molecule has 4 rings (SSSR count). The van der Waals surface area contributed by atoms with Crippen molar-refractivity contribution in [3.63, 3.8) is 0 Å². The van der Waals surface area contributed by atoms with Gasteiger partial charge in [0.05, 0.1) is 0 Å². The molecule has 140 valence electrons. The minimum absolute atomic E-state index is 0.234. The SMILES string of the molecule is CN(C)[C@H]1CC[C@@H](c2[nH]nc(-c3ccc(F)cc3)c2-c2ccncc2)CC1. The van der Waals surface area contributed by atoms with Gasteiger partial charge in [0.25, 0.3) is 0 Å². The van der Waals surface area contributed by atoms with Gasteiger partial charge in [-0.05, 0) is 81.7 Å². The van der Waals surface area contributed by atoms with Crippen LogP contribution in [0.1, 0.15) is 37.3 Å². The van der Waals surface area contributed by atoms with E-state index in [1.165, 1.54) is 30.7 Å². The van der Waals surface area contributed by atoms with Crippen LogP contribution < -0.4 is 0 Å². The van der Waals surface area contributed by atoms with E-state index in [0.717, 1.165) is 35.2 Å². The van der Waals surface area contributed by atoms with Gasteiger partial charge >= 0.3 is 0 Å². The average Bonchev–Trinajstić information content (AvgIpc) is 3.14. The van der Waals surface area contributed by atoms with Gasteiger partial charge in [-0.15, -0.1) is 0 Å². The lowest BCUT2D eigenvalue weighted by atomic mass is 9.81. The standard InChI is InChI=1S/C22H25FN4/c1-27(2)19-9-5-17(6-10-19)22-20(15-11-13-24-14-12-15)21(25-26-22)16-3-7-18(23)8-4-16/h3-4,7-8,11-14,17,19H,5-6,9-10H2,1-2H3,(H,25,26)/t17-,19+. The number of hydrogen-bond acceptors (Lipinski definition) is 3. The topological polar surface area (TPSA) is 44.8 Å². The predicted octanol–water partition coefficient (Wildman–Crippen LogP) is 4.87. The zero-order valence-corrected chi connectivity index (χ0v) is 15.8. The maximum absolute atomic E-state index is 13.4. The summed E-state index contributed by atoms with van der Waals surface area (Å²) < 4.78 is 13.4. The van der Waals surface area contributed by atoms with Crippen LogP contribution in [0.2, 0.25) is 0 Å². The van der Waals surface area contributed by atoms with Crippen LogP contribution in [0.3, 0.4) is 0 Å². The van der Waals surface area contributed by atoms with E-state index in [-0.39, 0.29) is 5.82 Å². The monoisotopic (exact) mass is 364 g/mol. The molecule has 0 spiro atoms. The molecule has 4 nitrogen and oxygen atoms in total. The number of nitrogens with one attached hydrogen (secondary N) is 1. The molecule has 5 heteroatoms. The third kappa shape index (κ3) is 3.65. The van der Waals surface area contributed by atoms with Gasteiger partial charge in [0.1, 0.15) is 11.5 Å². The molecule has 0 aliphatic heterocycles. The largest absolute Gasteiger partial charge is 0.306 e. The van der Waals surface area contributed by atoms with Gasteiger partial charge in [0.15, 0.2) is 0 Å². The number of aromatic amines is 1. The normalized spacial score (nSPS) is 20.1. The Morgan fingerprint density at radius 2 is 1.59 bits per heavy atom. The average molecular weight is 364 g/mol. The maximum Gasteiger partial charge on any atom is 0.123 e. The summed E-state index contributed by atoms with van der Waals surface area (Å²) in [7, 11) is 4.33. The zero-order chi connectivity index (χ0) is 18.8. The molecule has 0 unspecified atom stereocenters. The van der Waals surface area contributed by atoms with Gasteiger partial charge in [0.2, 0.25) is 0 Å². The smallest absolute Gasteiger partial charge is 0.123 e. The van der Waals surface area contributed by atoms with Gasteiger partial charge in [-0.2, -0.15) is 5.10 Å². The summed E-state index contributed by atoms with van der Waals surface area (Å²) in [6.45, 7) is 0. The highest BCUT2D eigenvalue weighted by atomic mass is 19.1. The molecular formula is C22H25FN4. The second-order valence-electron chi connectivity index (χ2n) is 7.57. The molecule has 1 aromatic carbocycles. The predicted molar refractivity (Wildman–Crippen MR) is 106 cm³/mol. The van der Waals surface area contributed by atoms with Gasteiger partial charge in [-0.1, -0.05) is 0 Å². The van der Waals surface area contributed by atoms with Gasteiger partial charge < -0.3 is 4.90 Å². The van der Waals surface area contributed by atoms with Crippen molar-refractivity contribution in [3.05, 3.63) is 60.3 Å². The summed E-state index contributed by atoms with van der Waals surface area (Å²) in [6.07, 6.45) is 8.29. The summed E-state index contributed by atoms with van der Waals surface area (Å²) in [6, 6.07) is 11.3. The molecule has 1 fully saturated rings. The molecule has 0 atom stereocenters. The minimum atomic E-state index is -0.234. The van der Waals surface area contributed by atoms with Crippen molar-refractivity contribution in [1.82, 2.24) is 20.1 Å². The Labute approximate surface area is 159 Å². The van der Waals surface area contributed by atoms with Crippen molar-refractivity contribution in [2.24, 2.45) is 0 Å². The molecule has 0 radical (unpaired) electrons. The Morgan fingerprint density at radius 1 is 0.926 bits per heavy atom. The molecule has 1 aliphatic rings. The fourth-order valence-corrected chi connectivity index (χ4v) is 4.16. The van der Waals surface area contributed by atoms with Crippen LogP contribution in [0.4, 0.5) is 4.39 Å². The van der Waals surface area contributed by atoms with E-state index in [1.54, 1.807) is 12.1 Å². The molecule has 3 aromatic rings. The number of hydrogen-bond donors (Lipinski definition) is 1. The molecule has 1 aliphatic carbocycles. The Bertz CT molecular complexity index is 878. The number of pyridine rings is 1. The molecule has 2 aromatic heterocycles. The van der Waals surface area contributed by atoms with Crippen LogP contribution >= 0.6 is 0 Å². The second kappa shape index (κ2) is 7.61. The van der Waals surface area contributed by atoms with Gasteiger partial charge in [-0.25, -0.2) is 4.39 Å². The number of aromatic nitrogens is 3. The molecule has 0 bridgehead atoms. The quantitative estimate of drug-likeness (QED) is 0.719. The fourth-order valence-electron chi connectivity index (χ4n) is 4.16. The van der Waals surface area contributed by atoms with Crippen LogP contribution in [-0.2, 0) is 0 Å². The Balaban J connectivity index is 1.73. The highest BCUT2D eigenvalue weighted by molar-refractivity contribution is 5.82. The maximum atomic E-state index is 13.4. The molecule has 2 heterocycles. The first kappa shape index (κ1) is 17.9. The molecule has 1 saturated carbocycles. The number of halogens is 1. The van der Waals surface area contributed by atoms with Crippen molar-refractivity contribution in [1.29, 1.82) is 0 Å². The summed E-state index contributed by atoms with van der Waals surface area (Å²) in [5.74, 6) is 0.230. The molecule has 27 heavy (non-hydrogen) atoms. The lowest BCUT2D eigenvalue weighted by Gasteiger charge is -2.32. The van der Waals surface area contributed by atoms with Crippen LogP contribution in [0.15, 0.2) is 48.8 Å². The lowest BCUT2D eigenvalue weighted by Crippen LogP contribution is -2.31. The lowest BCUT2D eigenvalue weighted by molar-refractivity contribution is 0.215. The van der Waals surface area contributed by atoms with E-state index in [4.69, 9.17) is 0 Å². The van der Waals surface area contributed by atoms with Crippen molar-refractivity contribution in [2.45, 2.75) is 37.6 Å². The third-order valence-corrected chi connectivity index (χ3v) is 5.72. The van der Waals surface area contributed by atoms with Crippen molar-refractivity contribution < 1.29 is 4.39 Å². The van der Waals surface area contributed by atoms with E-state index in [1.807, 2.05) is 24.5 Å². The molecule has 0 amide bonds. The highest BCUT2D eigenvalue weighted by Crippen LogP contribution is 2.41. The summed E-state index contributed by atoms with van der Waals surface area (Å²) in [5, 5.41) is 7.97. The summed E-state index contributed by atoms with van der Waals surface area (Å²) in [4.78, 5) is 6.49. The Morgan fingerprint density at radius 3 is 2.22 bits per heavy atom. The van der Waals surface area contributed by atoms with Crippen molar-refractivity contribution in [2.75, 3.05) is 14.1 Å². The van der Waals surface area contributed by atoms with Crippen LogP contribution in [-0.4, -0.2) is 40.2 Å². The first-order valence-electron chi connectivity index (χ1n) is 9.54. The number of H-pyrrole nitrogens is 1. The first-order chi connectivity index (χ1) is 13.1. The number of benzene rings is 1. The Hall–Kier alpha value is -2.53. The number of nitrogens with zero attached hydrogens (tertiary/aromatic N) is 3. The molecule has 0 saturated heterocycles. The van der Waals surface area contributed by atoms with E-state index in [9.17, 15) is 4.39 Å². The van der Waals surface area contributed by atoms with Crippen molar-refractivity contribution >= 4 is 0 Å². The van der Waals surface area contributed by atoms with Crippen LogP contribution in [0.5, 0.6) is 0 Å². The van der Waals surface area contributed by atoms with E-state index >= 15 is 0 Å². The third-order valence-electron chi connectivity index (χ3n) is 5.72. The summed E-state index contributed by atoms with van der Waals surface area (Å²) >= 11 is 0. The van der Waals surface area contributed by atoms with Gasteiger partial charge in [0, 0.05) is 41.2 Å². The second-order valence-corrected chi connectivity index (χ2v) is 7.57. The molecule has 1 N–H and O–H groups in total. The molecular weight excluding hydrogens is 339 g/mol. The van der Waals surface area contributed by atoms with Crippen LogP contribution in [0.25, 0.3) is 22.4 Å². The zero-order valence-electron chi connectivity index (χ0n) is 15.8.